The Morgan fingerprint density at radius 3 is 2.25 bits per heavy atom. The summed E-state index contributed by atoms with van der Waals surface area (Å²) < 4.78 is 0. The molecule has 94 valence electrons. The van der Waals surface area contributed by atoms with E-state index < -0.39 is 0 Å². The normalized spacial score (nSPS) is 11.0. The minimum absolute atomic E-state index is 0.911. The van der Waals surface area contributed by atoms with Crippen molar-refractivity contribution in [2.24, 2.45) is 0 Å². The van der Waals surface area contributed by atoms with Gasteiger partial charge in [0.05, 0.1) is 5.69 Å². The summed E-state index contributed by atoms with van der Waals surface area (Å²) in [6.07, 6.45) is 0. The van der Waals surface area contributed by atoms with E-state index >= 15 is 0 Å². The monoisotopic (exact) mass is 256 g/mol. The van der Waals surface area contributed by atoms with Crippen LogP contribution in [0.25, 0.3) is 32.9 Å². The molecule has 3 aromatic carbocycles. The molecule has 0 N–H and O–H groups in total. The molecule has 4 rings (SSSR count). The highest BCUT2D eigenvalue weighted by molar-refractivity contribution is 6.05. The number of aromatic nitrogens is 2. The van der Waals surface area contributed by atoms with Gasteiger partial charge in [-0.15, -0.1) is 10.2 Å². The topological polar surface area (TPSA) is 25.8 Å². The van der Waals surface area contributed by atoms with Gasteiger partial charge in [-0.3, -0.25) is 0 Å². The van der Waals surface area contributed by atoms with E-state index in [0.29, 0.717) is 0 Å². The van der Waals surface area contributed by atoms with Crippen molar-refractivity contribution >= 4 is 21.7 Å². The van der Waals surface area contributed by atoms with Crippen LogP contribution in [0.5, 0.6) is 0 Å². The van der Waals surface area contributed by atoms with Crippen molar-refractivity contribution in [3.05, 3.63) is 72.8 Å². The summed E-state index contributed by atoms with van der Waals surface area (Å²) in [7, 11) is 0. The van der Waals surface area contributed by atoms with Crippen LogP contribution in [-0.4, -0.2) is 10.2 Å². The fourth-order valence-corrected chi connectivity index (χ4v) is 2.53. The van der Waals surface area contributed by atoms with E-state index in [-0.39, 0.29) is 0 Å². The molecule has 0 amide bonds. The van der Waals surface area contributed by atoms with Gasteiger partial charge in [-0.1, -0.05) is 66.7 Å². The highest BCUT2D eigenvalue weighted by Crippen LogP contribution is 2.26. The third-order valence-corrected chi connectivity index (χ3v) is 3.55. The molecule has 0 aliphatic rings. The van der Waals surface area contributed by atoms with Crippen molar-refractivity contribution in [3.63, 3.8) is 0 Å². The summed E-state index contributed by atoms with van der Waals surface area (Å²) in [5.41, 5.74) is 2.96. The molecule has 0 saturated heterocycles. The van der Waals surface area contributed by atoms with Crippen molar-refractivity contribution in [1.29, 1.82) is 0 Å². The molecule has 0 spiro atoms. The van der Waals surface area contributed by atoms with Gasteiger partial charge in [-0.25, -0.2) is 0 Å². The predicted molar refractivity (Wildman–Crippen MR) is 82.5 cm³/mol. The SMILES string of the molecule is c1ccc(-c2cc3ccc4ccccc4c3nn2)cc1. The van der Waals surface area contributed by atoms with E-state index in [1.165, 1.54) is 5.39 Å². The number of fused-ring (bicyclic) bond motifs is 3. The summed E-state index contributed by atoms with van der Waals surface area (Å²) in [6.45, 7) is 0. The maximum Gasteiger partial charge on any atom is 0.101 e. The Hall–Kier alpha value is -2.74. The molecule has 0 bridgehead atoms. The van der Waals surface area contributed by atoms with Gasteiger partial charge in [0, 0.05) is 16.3 Å². The Labute approximate surface area is 116 Å². The third-order valence-electron chi connectivity index (χ3n) is 3.55. The predicted octanol–water partition coefficient (Wildman–Crippen LogP) is 4.45. The van der Waals surface area contributed by atoms with Gasteiger partial charge in [0.2, 0.25) is 0 Å². The Morgan fingerprint density at radius 1 is 0.600 bits per heavy atom. The maximum absolute atomic E-state index is 4.44. The molecule has 1 aromatic heterocycles. The van der Waals surface area contributed by atoms with Crippen LogP contribution in [-0.2, 0) is 0 Å². The summed E-state index contributed by atoms with van der Waals surface area (Å²) >= 11 is 0. The highest BCUT2D eigenvalue weighted by Gasteiger charge is 2.05. The van der Waals surface area contributed by atoms with E-state index in [4.69, 9.17) is 0 Å². The van der Waals surface area contributed by atoms with Crippen molar-refractivity contribution in [1.82, 2.24) is 10.2 Å². The Balaban J connectivity index is 1.99. The first kappa shape index (κ1) is 11.1. The average Bonchev–Trinajstić information content (AvgIpc) is 2.55. The van der Waals surface area contributed by atoms with Gasteiger partial charge in [0.25, 0.3) is 0 Å². The number of hydrogen-bond donors (Lipinski definition) is 0. The van der Waals surface area contributed by atoms with Crippen LogP contribution in [0.2, 0.25) is 0 Å². The van der Waals surface area contributed by atoms with Gasteiger partial charge in [-0.2, -0.15) is 0 Å². The zero-order valence-corrected chi connectivity index (χ0v) is 10.8. The first-order chi connectivity index (χ1) is 9.92. The van der Waals surface area contributed by atoms with Crippen LogP contribution in [0, 0.1) is 0 Å². The van der Waals surface area contributed by atoms with Crippen molar-refractivity contribution in [2.45, 2.75) is 0 Å². The summed E-state index contributed by atoms with van der Waals surface area (Å²) in [5.74, 6) is 0. The molecule has 1 heterocycles. The van der Waals surface area contributed by atoms with E-state index in [9.17, 15) is 0 Å². The lowest BCUT2D eigenvalue weighted by Crippen LogP contribution is -1.90. The second-order valence-corrected chi connectivity index (χ2v) is 4.82. The smallest absolute Gasteiger partial charge is 0.101 e. The maximum atomic E-state index is 4.44. The van der Waals surface area contributed by atoms with E-state index in [2.05, 4.69) is 52.7 Å². The molecule has 0 fully saturated rings. The molecule has 0 radical (unpaired) electrons. The van der Waals surface area contributed by atoms with Crippen molar-refractivity contribution < 1.29 is 0 Å². The zero-order valence-electron chi connectivity index (χ0n) is 10.8. The first-order valence-corrected chi connectivity index (χ1v) is 6.62. The van der Waals surface area contributed by atoms with Gasteiger partial charge < -0.3 is 0 Å². The Morgan fingerprint density at radius 2 is 1.35 bits per heavy atom. The van der Waals surface area contributed by atoms with Gasteiger partial charge in [0.1, 0.15) is 5.52 Å². The lowest BCUT2D eigenvalue weighted by molar-refractivity contribution is 1.09. The molecular weight excluding hydrogens is 244 g/mol. The van der Waals surface area contributed by atoms with E-state index in [1.54, 1.807) is 0 Å². The summed E-state index contributed by atoms with van der Waals surface area (Å²) in [6, 6.07) is 24.8. The number of benzene rings is 3. The van der Waals surface area contributed by atoms with Crippen molar-refractivity contribution in [3.8, 4) is 11.3 Å². The standard InChI is InChI=1S/C18H12N2/c1-2-7-14(8-3-1)17-12-15-11-10-13-6-4-5-9-16(13)18(15)20-19-17/h1-12H. The third kappa shape index (κ3) is 1.74. The Kier molecular flexibility index (Phi) is 2.46. The van der Waals surface area contributed by atoms with E-state index in [1.807, 2.05) is 30.3 Å². The minimum atomic E-state index is 0.911. The first-order valence-electron chi connectivity index (χ1n) is 6.62. The molecule has 2 nitrogen and oxygen atoms in total. The molecule has 20 heavy (non-hydrogen) atoms. The van der Waals surface area contributed by atoms with E-state index in [0.717, 1.165) is 27.5 Å². The number of hydrogen-bond acceptors (Lipinski definition) is 2. The molecule has 0 atom stereocenters. The summed E-state index contributed by atoms with van der Waals surface area (Å²) in [5, 5.41) is 12.3. The molecule has 0 aliphatic carbocycles. The zero-order chi connectivity index (χ0) is 13.4. The fraction of sp³-hybridized carbons (Fsp3) is 0. The lowest BCUT2D eigenvalue weighted by Gasteiger charge is -2.04. The number of nitrogens with zero attached hydrogens (tertiary/aromatic N) is 2. The lowest BCUT2D eigenvalue weighted by atomic mass is 10.0. The van der Waals surface area contributed by atoms with Crippen LogP contribution in [0.3, 0.4) is 0 Å². The van der Waals surface area contributed by atoms with Crippen molar-refractivity contribution in [2.75, 3.05) is 0 Å². The molecular formula is C18H12N2. The quantitative estimate of drug-likeness (QED) is 0.470. The second-order valence-electron chi connectivity index (χ2n) is 4.82. The highest BCUT2D eigenvalue weighted by atomic mass is 15.1. The van der Waals surface area contributed by atoms with Gasteiger partial charge >= 0.3 is 0 Å². The van der Waals surface area contributed by atoms with Crippen LogP contribution < -0.4 is 0 Å². The molecule has 2 heteroatoms. The fourth-order valence-electron chi connectivity index (χ4n) is 2.53. The van der Waals surface area contributed by atoms with Gasteiger partial charge in [-0.05, 0) is 11.5 Å². The van der Waals surface area contributed by atoms with Crippen LogP contribution in [0.4, 0.5) is 0 Å². The average molecular weight is 256 g/mol. The van der Waals surface area contributed by atoms with Gasteiger partial charge in [0.15, 0.2) is 0 Å². The van der Waals surface area contributed by atoms with Crippen LogP contribution in [0.1, 0.15) is 0 Å². The molecule has 4 aromatic rings. The molecule has 0 saturated carbocycles. The molecule has 0 aliphatic heterocycles. The number of rotatable bonds is 1. The molecule has 0 unspecified atom stereocenters. The Bertz CT molecular complexity index is 899. The largest absolute Gasteiger partial charge is 0.150 e. The minimum Gasteiger partial charge on any atom is -0.150 e. The second kappa shape index (κ2) is 4.42. The van der Waals surface area contributed by atoms with Crippen LogP contribution in [0.15, 0.2) is 72.8 Å². The van der Waals surface area contributed by atoms with Crippen LogP contribution >= 0.6 is 0 Å². The summed E-state index contributed by atoms with van der Waals surface area (Å²) in [4.78, 5) is 0.